The van der Waals surface area contributed by atoms with Gasteiger partial charge in [0.15, 0.2) is 0 Å². The molecule has 0 saturated carbocycles. The molecule has 1 aromatic carbocycles. The van der Waals surface area contributed by atoms with Crippen LogP contribution in [0.15, 0.2) is 84.8 Å². The molecule has 0 aliphatic carbocycles. The summed E-state index contributed by atoms with van der Waals surface area (Å²) < 4.78 is 1.75. The first-order valence-electron chi connectivity index (χ1n) is 18.3. The van der Waals surface area contributed by atoms with Crippen LogP contribution in [0, 0.1) is 42.4 Å². The minimum absolute atomic E-state index is 0.500. The average molecular weight is 715 g/mol. The number of benzene rings is 1. The molecule has 0 amide bonds. The number of rotatable bonds is 0. The van der Waals surface area contributed by atoms with Gasteiger partial charge in [0.25, 0.3) is 0 Å². The van der Waals surface area contributed by atoms with Crippen LogP contribution in [0.3, 0.4) is 0 Å². The maximum atomic E-state index is 3.98. The van der Waals surface area contributed by atoms with Crippen molar-refractivity contribution >= 4 is 11.3 Å². The second kappa shape index (κ2) is 36.0. The largest absolute Gasteiger partial charge is 0.276 e. The summed E-state index contributed by atoms with van der Waals surface area (Å²) in [4.78, 5) is 7.91. The lowest BCUT2D eigenvalue weighted by Gasteiger charge is -2.05. The van der Waals surface area contributed by atoms with Gasteiger partial charge in [0.2, 0.25) is 0 Å². The third kappa shape index (κ3) is 119. The first-order valence-corrected chi connectivity index (χ1v) is 19.1. The summed E-state index contributed by atoms with van der Waals surface area (Å²) >= 11 is 1.67. The molecule has 0 bridgehead atoms. The van der Waals surface area contributed by atoms with Crippen LogP contribution in [0.4, 0.5) is 0 Å². The zero-order valence-electron chi connectivity index (χ0n) is 37.8. The zero-order valence-corrected chi connectivity index (χ0v) is 38.6. The molecule has 3 aromatic heterocycles. The highest BCUT2D eigenvalue weighted by molar-refractivity contribution is 7.09. The van der Waals surface area contributed by atoms with E-state index in [1.807, 2.05) is 103 Å². The Hall–Kier alpha value is -2.79. The molecular formula is C45H86N4S. The van der Waals surface area contributed by atoms with Gasteiger partial charge in [-0.3, -0.25) is 14.6 Å². The van der Waals surface area contributed by atoms with Crippen molar-refractivity contribution in [3.05, 3.63) is 101 Å². The van der Waals surface area contributed by atoms with Gasteiger partial charge in [0.05, 0.1) is 5.01 Å². The smallest absolute Gasteiger partial charge is 0.0893 e. The SMILES string of the molecule is CC.CC.CC(C)(C)C.CC(C)(C)C.CC(C)(C)C.CC(C)(C)C.Cc1ccccc1.Cc1ccccn1.Cc1nccs1.Cn1cccn1. The third-order valence-corrected chi connectivity index (χ3v) is 3.65. The zero-order chi connectivity index (χ0) is 41.0. The van der Waals surface area contributed by atoms with Gasteiger partial charge in [-0.1, -0.05) is 180 Å². The second-order valence-corrected chi connectivity index (χ2v) is 18.5. The number of thiazole rings is 1. The summed E-state index contributed by atoms with van der Waals surface area (Å²) in [7, 11) is 1.89. The average Bonchev–Trinajstić information content (AvgIpc) is 3.63. The van der Waals surface area contributed by atoms with Gasteiger partial charge in [-0.25, -0.2) is 0 Å². The molecule has 0 radical (unpaired) electrons. The molecule has 5 heteroatoms. The van der Waals surface area contributed by atoms with Gasteiger partial charge in [-0.2, -0.15) is 5.10 Å². The lowest BCUT2D eigenvalue weighted by molar-refractivity contribution is 0.469. The molecule has 50 heavy (non-hydrogen) atoms. The van der Waals surface area contributed by atoms with Crippen LogP contribution in [-0.4, -0.2) is 19.7 Å². The van der Waals surface area contributed by atoms with E-state index in [1.165, 1.54) is 5.56 Å². The van der Waals surface area contributed by atoms with E-state index in [4.69, 9.17) is 0 Å². The molecule has 4 aromatic rings. The van der Waals surface area contributed by atoms with E-state index in [0.29, 0.717) is 21.7 Å². The molecule has 0 N–H and O–H groups in total. The monoisotopic (exact) mass is 715 g/mol. The normalized spacial score (nSPS) is 9.60. The standard InChI is InChI=1S/C7H8.C6H7N.4C5H12.C4H6N2.C4H5NS.2C2H6/c1-7-5-3-2-4-6-7;1-6-4-2-3-5-7-6;4*1-5(2,3)4;1-6-4-2-3-5-6;1-4-5-2-3-6-4;2*1-2/h2-6H,1H3;2-5H,1H3;4*1-4H3;2-4H,1H3;2-3H,1H3;2*1-2H3. The van der Waals surface area contributed by atoms with Gasteiger partial charge < -0.3 is 0 Å². The van der Waals surface area contributed by atoms with E-state index in [0.717, 1.165) is 10.7 Å². The summed E-state index contributed by atoms with van der Waals surface area (Å²) in [5, 5.41) is 6.94. The summed E-state index contributed by atoms with van der Waals surface area (Å²) in [5.41, 5.74) is 4.39. The van der Waals surface area contributed by atoms with Crippen LogP contribution < -0.4 is 0 Å². The second-order valence-electron chi connectivity index (χ2n) is 17.4. The number of aromatic nitrogens is 4. The first-order chi connectivity index (χ1) is 22.6. The van der Waals surface area contributed by atoms with E-state index in [2.05, 4.69) is 145 Å². The van der Waals surface area contributed by atoms with Gasteiger partial charge in [-0.15, -0.1) is 11.3 Å². The number of hydrogen-bond acceptors (Lipinski definition) is 4. The van der Waals surface area contributed by atoms with E-state index in [9.17, 15) is 0 Å². The maximum absolute atomic E-state index is 3.98. The fourth-order valence-corrected chi connectivity index (χ4v) is 2.06. The van der Waals surface area contributed by atoms with Crippen molar-refractivity contribution in [2.24, 2.45) is 28.7 Å². The van der Waals surface area contributed by atoms with E-state index in [1.54, 1.807) is 34.6 Å². The Morgan fingerprint density at radius 1 is 0.480 bits per heavy atom. The van der Waals surface area contributed by atoms with Crippen molar-refractivity contribution < 1.29 is 0 Å². The molecule has 3 heterocycles. The quantitative estimate of drug-likeness (QED) is 0.182. The number of pyridine rings is 1. The maximum Gasteiger partial charge on any atom is 0.0893 e. The fourth-order valence-electron chi connectivity index (χ4n) is 1.62. The molecule has 0 saturated heterocycles. The van der Waals surface area contributed by atoms with Crippen LogP contribution in [0.25, 0.3) is 0 Å². The Morgan fingerprint density at radius 3 is 0.980 bits per heavy atom. The van der Waals surface area contributed by atoms with Crippen molar-refractivity contribution in [1.29, 1.82) is 0 Å². The van der Waals surface area contributed by atoms with Gasteiger partial charge in [0.1, 0.15) is 0 Å². The number of hydrogen-bond donors (Lipinski definition) is 0. The molecule has 0 spiro atoms. The predicted octanol–water partition coefficient (Wildman–Crippen LogP) is 15.5. The molecule has 0 aliphatic heterocycles. The highest BCUT2D eigenvalue weighted by Crippen LogP contribution is 2.09. The molecule has 292 valence electrons. The summed E-state index contributed by atoms with van der Waals surface area (Å²) in [6.45, 7) is 49.0. The number of nitrogens with zero attached hydrogens (tertiary/aromatic N) is 4. The predicted molar refractivity (Wildman–Crippen MR) is 233 cm³/mol. The minimum atomic E-state index is 0.500. The van der Waals surface area contributed by atoms with E-state index < -0.39 is 0 Å². The van der Waals surface area contributed by atoms with E-state index >= 15 is 0 Å². The summed E-state index contributed by atoms with van der Waals surface area (Å²) in [5.74, 6) is 0. The molecular weight excluding hydrogens is 629 g/mol. The minimum Gasteiger partial charge on any atom is -0.276 e. The molecule has 4 nitrogen and oxygen atoms in total. The fraction of sp³-hybridized carbons (Fsp3) is 0.622. The van der Waals surface area contributed by atoms with Crippen LogP contribution in [0.1, 0.15) is 155 Å². The lowest BCUT2D eigenvalue weighted by Crippen LogP contribution is -1.93. The van der Waals surface area contributed by atoms with Crippen molar-refractivity contribution in [3.63, 3.8) is 0 Å². The van der Waals surface area contributed by atoms with Gasteiger partial charge in [-0.05, 0) is 60.6 Å². The van der Waals surface area contributed by atoms with Crippen molar-refractivity contribution in [2.45, 2.75) is 159 Å². The number of aryl methyl sites for hydroxylation is 4. The molecule has 4 rings (SSSR count). The lowest BCUT2D eigenvalue weighted by atomic mass is 10.0. The van der Waals surface area contributed by atoms with Crippen LogP contribution >= 0.6 is 11.3 Å². The van der Waals surface area contributed by atoms with Crippen LogP contribution in [-0.2, 0) is 7.05 Å². The third-order valence-electron chi connectivity index (χ3n) is 2.95. The van der Waals surface area contributed by atoms with E-state index in [-0.39, 0.29) is 0 Å². The van der Waals surface area contributed by atoms with Crippen molar-refractivity contribution in [3.8, 4) is 0 Å². The highest BCUT2D eigenvalue weighted by atomic mass is 32.1. The van der Waals surface area contributed by atoms with Gasteiger partial charge >= 0.3 is 0 Å². The van der Waals surface area contributed by atoms with Crippen LogP contribution in [0.5, 0.6) is 0 Å². The Morgan fingerprint density at radius 2 is 0.860 bits per heavy atom. The van der Waals surface area contributed by atoms with Crippen molar-refractivity contribution in [1.82, 2.24) is 19.7 Å². The molecule has 0 unspecified atom stereocenters. The Labute approximate surface area is 319 Å². The summed E-state index contributed by atoms with van der Waals surface area (Å²) in [6, 6.07) is 18.0. The topological polar surface area (TPSA) is 43.6 Å². The molecule has 0 fully saturated rings. The van der Waals surface area contributed by atoms with Gasteiger partial charge in [0, 0.05) is 42.9 Å². The van der Waals surface area contributed by atoms with Crippen molar-refractivity contribution in [2.75, 3.05) is 0 Å². The Bertz CT molecular complexity index is 967. The Kier molecular flexibility index (Phi) is 42.8. The first kappa shape index (κ1) is 59.4. The summed E-state index contributed by atoms with van der Waals surface area (Å²) in [6.07, 6.45) is 7.23. The molecule has 0 atom stereocenters. The van der Waals surface area contributed by atoms with Crippen LogP contribution in [0.2, 0.25) is 0 Å². The molecule has 0 aliphatic rings. The highest BCUT2D eigenvalue weighted by Gasteiger charge is 1.97. The Balaban J connectivity index is -0.000000110.